The van der Waals surface area contributed by atoms with Crippen molar-refractivity contribution in [3.05, 3.63) is 64.0 Å². The zero-order valence-electron chi connectivity index (χ0n) is 22.5. The molecule has 0 bridgehead atoms. The van der Waals surface area contributed by atoms with Crippen LogP contribution >= 0.6 is 31.9 Å². The number of nitrogens with zero attached hydrogens (tertiary/aromatic N) is 2. The minimum absolute atomic E-state index is 0.0811. The smallest absolute Gasteiger partial charge is 0.341 e. The van der Waals surface area contributed by atoms with E-state index in [4.69, 9.17) is 19.2 Å². The number of ether oxygens (including phenoxy) is 3. The molecule has 4 aromatic rings. The summed E-state index contributed by atoms with van der Waals surface area (Å²) in [5.41, 5.74) is -1.31. The fourth-order valence-corrected chi connectivity index (χ4v) is 6.08. The first-order valence-electron chi connectivity index (χ1n) is 12.4. The Balaban J connectivity index is 1.73. The highest BCUT2D eigenvalue weighted by Crippen LogP contribution is 2.44. The van der Waals surface area contributed by atoms with Crippen molar-refractivity contribution in [3.63, 3.8) is 0 Å². The van der Waals surface area contributed by atoms with Gasteiger partial charge in [-0.1, -0.05) is 29.2 Å². The molecular weight excluding hydrogens is 575 g/mol. The lowest BCUT2D eigenvalue weighted by Gasteiger charge is -2.17. The molecule has 3 aromatic heterocycles. The fraction of sp³-hybridized carbons (Fsp3) is 0.321. The van der Waals surface area contributed by atoms with Gasteiger partial charge in [0.25, 0.3) is 5.66 Å². The number of alkyl halides is 2. The van der Waals surface area contributed by atoms with Gasteiger partial charge in [-0.3, -0.25) is 0 Å². The standard InChI is InChI=1S/C28H30F2N3O4PS2/c1-16(2)12-23-24(17-7-8-21(37-10-9-35-3)20(14-17)28(29,30)38)32-27(40-23)33-25-19(26(34)36-4)13-18(15-31-25)22-6-5-11-39-22/h5-8,11,13-16H,9-10,12,38H2,1-4H3,(H,31,32,33). The average molecular weight is 606 g/mol. The number of methoxy groups -OCH3 is 2. The molecule has 0 aliphatic rings. The summed E-state index contributed by atoms with van der Waals surface area (Å²) < 4.78 is 44.7. The lowest BCUT2D eigenvalue weighted by Crippen LogP contribution is -2.10. The average Bonchev–Trinajstić information content (AvgIpc) is 3.58. The summed E-state index contributed by atoms with van der Waals surface area (Å²) in [4.78, 5) is 23.8. The number of aromatic nitrogens is 2. The van der Waals surface area contributed by atoms with Crippen molar-refractivity contribution in [3.8, 4) is 27.4 Å². The van der Waals surface area contributed by atoms with Crippen LogP contribution in [0.15, 0.2) is 48.0 Å². The molecule has 1 atom stereocenters. The number of halogens is 2. The molecule has 1 unspecified atom stereocenters. The predicted molar refractivity (Wildman–Crippen MR) is 159 cm³/mol. The number of carbonyl (C=O) groups excluding carboxylic acids is 1. The molecule has 0 saturated carbocycles. The van der Waals surface area contributed by atoms with Gasteiger partial charge in [0.2, 0.25) is 0 Å². The monoisotopic (exact) mass is 605 g/mol. The van der Waals surface area contributed by atoms with E-state index in [1.807, 2.05) is 17.5 Å². The van der Waals surface area contributed by atoms with Crippen LogP contribution in [0.1, 0.15) is 34.6 Å². The number of hydrogen-bond acceptors (Lipinski definition) is 9. The summed E-state index contributed by atoms with van der Waals surface area (Å²) in [5.74, 6) is 0.129. The molecule has 0 aliphatic heterocycles. The van der Waals surface area contributed by atoms with Crippen LogP contribution in [0.4, 0.5) is 19.7 Å². The number of carbonyl (C=O) groups is 1. The first-order valence-corrected chi connectivity index (χ1v) is 14.7. The van der Waals surface area contributed by atoms with E-state index in [9.17, 15) is 13.6 Å². The largest absolute Gasteiger partial charge is 0.491 e. The molecule has 212 valence electrons. The number of hydrogen-bond donors (Lipinski definition) is 1. The van der Waals surface area contributed by atoms with Gasteiger partial charge in [0.05, 0.1) is 25.0 Å². The predicted octanol–water partition coefficient (Wildman–Crippen LogP) is 7.61. The number of esters is 1. The molecule has 1 N–H and O–H groups in total. The Labute approximate surface area is 242 Å². The van der Waals surface area contributed by atoms with Gasteiger partial charge in [-0.2, -0.15) is 8.78 Å². The maximum atomic E-state index is 14.6. The Morgan fingerprint density at radius 2 is 1.95 bits per heavy atom. The van der Waals surface area contributed by atoms with E-state index in [-0.39, 0.29) is 30.1 Å². The van der Waals surface area contributed by atoms with Gasteiger partial charge in [-0.05, 0) is 48.1 Å². The molecule has 0 radical (unpaired) electrons. The van der Waals surface area contributed by atoms with Crippen LogP contribution in [0.3, 0.4) is 0 Å². The van der Waals surface area contributed by atoms with E-state index < -0.39 is 11.6 Å². The molecule has 1 aromatic carbocycles. The zero-order chi connectivity index (χ0) is 28.9. The molecule has 4 rings (SSSR count). The molecule has 0 amide bonds. The van der Waals surface area contributed by atoms with Gasteiger partial charge in [-0.15, -0.1) is 22.7 Å². The molecule has 0 aliphatic carbocycles. The molecule has 0 spiro atoms. The number of benzene rings is 1. The van der Waals surface area contributed by atoms with Crippen LogP contribution in [-0.4, -0.2) is 43.4 Å². The van der Waals surface area contributed by atoms with E-state index in [1.54, 1.807) is 27.6 Å². The number of nitrogens with one attached hydrogen (secondary N) is 1. The lowest BCUT2D eigenvalue weighted by atomic mass is 10.0. The Bertz CT molecular complexity index is 1460. The van der Waals surface area contributed by atoms with Gasteiger partial charge >= 0.3 is 5.97 Å². The molecule has 12 heteroatoms. The van der Waals surface area contributed by atoms with Crippen LogP contribution in [0, 0.1) is 5.92 Å². The van der Waals surface area contributed by atoms with Crippen molar-refractivity contribution >= 4 is 48.8 Å². The van der Waals surface area contributed by atoms with E-state index >= 15 is 0 Å². The van der Waals surface area contributed by atoms with Crippen LogP contribution in [0.5, 0.6) is 5.75 Å². The van der Waals surface area contributed by atoms with Crippen molar-refractivity contribution in [2.75, 3.05) is 32.8 Å². The fourth-order valence-electron chi connectivity index (χ4n) is 3.95. The van der Waals surface area contributed by atoms with Gasteiger partial charge in [-0.25, -0.2) is 14.8 Å². The van der Waals surface area contributed by atoms with E-state index in [1.165, 1.54) is 49.0 Å². The first-order chi connectivity index (χ1) is 19.1. The third-order valence-electron chi connectivity index (χ3n) is 5.77. The van der Waals surface area contributed by atoms with Gasteiger partial charge in [0.15, 0.2) is 5.13 Å². The number of pyridine rings is 1. The Morgan fingerprint density at radius 1 is 1.15 bits per heavy atom. The highest BCUT2D eigenvalue weighted by molar-refractivity contribution is 7.17. The summed E-state index contributed by atoms with van der Waals surface area (Å²) in [7, 11) is 4.40. The van der Waals surface area contributed by atoms with Gasteiger partial charge in [0.1, 0.15) is 23.7 Å². The van der Waals surface area contributed by atoms with Crippen LogP contribution in [0.25, 0.3) is 21.7 Å². The molecule has 40 heavy (non-hydrogen) atoms. The molecule has 0 fully saturated rings. The van der Waals surface area contributed by atoms with Gasteiger partial charge in [0, 0.05) is 34.2 Å². The third-order valence-corrected chi connectivity index (χ3v) is 8.00. The minimum atomic E-state index is -3.21. The highest BCUT2D eigenvalue weighted by Gasteiger charge is 2.30. The quantitative estimate of drug-likeness (QED) is 0.101. The lowest BCUT2D eigenvalue weighted by molar-refractivity contribution is 0.0601. The zero-order valence-corrected chi connectivity index (χ0v) is 25.3. The second-order valence-corrected chi connectivity index (χ2v) is 12.0. The number of thiazole rings is 1. The summed E-state index contributed by atoms with van der Waals surface area (Å²) in [6.07, 6.45) is 2.36. The topological polar surface area (TPSA) is 82.6 Å². The molecule has 0 saturated heterocycles. The molecule has 3 heterocycles. The van der Waals surface area contributed by atoms with Gasteiger partial charge < -0.3 is 19.5 Å². The molecular formula is C28H30F2N3O4PS2. The van der Waals surface area contributed by atoms with Crippen LogP contribution in [0.2, 0.25) is 0 Å². The Kier molecular flexibility index (Phi) is 9.84. The van der Waals surface area contributed by atoms with E-state index in [2.05, 4.69) is 24.1 Å². The van der Waals surface area contributed by atoms with Crippen molar-refractivity contribution in [1.29, 1.82) is 0 Å². The van der Waals surface area contributed by atoms with Crippen LogP contribution in [-0.2, 0) is 21.6 Å². The third kappa shape index (κ3) is 7.20. The number of rotatable bonds is 12. The van der Waals surface area contributed by atoms with E-state index in [0.29, 0.717) is 34.5 Å². The van der Waals surface area contributed by atoms with Crippen LogP contribution < -0.4 is 10.1 Å². The normalized spacial score (nSPS) is 11.6. The summed E-state index contributed by atoms with van der Waals surface area (Å²) in [5, 5.41) is 5.59. The second kappa shape index (κ2) is 13.1. The van der Waals surface area contributed by atoms with Crippen molar-refractivity contribution in [2.24, 2.45) is 5.92 Å². The summed E-state index contributed by atoms with van der Waals surface area (Å²) in [6, 6.07) is 10.3. The number of thiophene rings is 1. The summed E-state index contributed by atoms with van der Waals surface area (Å²) in [6.45, 7) is 4.57. The maximum absolute atomic E-state index is 14.6. The van der Waals surface area contributed by atoms with Crippen molar-refractivity contribution in [2.45, 2.75) is 25.9 Å². The maximum Gasteiger partial charge on any atom is 0.341 e. The second-order valence-electron chi connectivity index (χ2n) is 9.28. The highest BCUT2D eigenvalue weighted by atomic mass is 32.1. The Morgan fingerprint density at radius 3 is 2.60 bits per heavy atom. The minimum Gasteiger partial charge on any atom is -0.491 e. The summed E-state index contributed by atoms with van der Waals surface area (Å²) >= 11 is 2.93. The van der Waals surface area contributed by atoms with E-state index in [0.717, 1.165) is 15.3 Å². The van der Waals surface area contributed by atoms with Crippen molar-refractivity contribution < 1.29 is 27.8 Å². The SMILES string of the molecule is COCCOc1ccc(-c2nc(Nc3ncc(-c4cccs4)cc3C(=O)OC)sc2CC(C)C)cc1C(F)(F)P. The molecule has 7 nitrogen and oxygen atoms in total. The van der Waals surface area contributed by atoms with Crippen molar-refractivity contribution in [1.82, 2.24) is 9.97 Å². The number of anilines is 2. The first kappa shape index (κ1) is 30.0. The Hall–Kier alpha value is -2.98.